The second-order valence-electron chi connectivity index (χ2n) is 6.69. The van der Waals surface area contributed by atoms with Crippen LogP contribution >= 0.6 is 43.6 Å². The molecule has 32 heavy (non-hydrogen) atoms. The summed E-state index contributed by atoms with van der Waals surface area (Å²) in [7, 11) is 2.73. The maximum absolute atomic E-state index is 12.7. The SMILES string of the molecule is COC(=O)[C@H](C)N1C(=O)S/C(=C/c2cc(OC)c(OCc3ccc(Br)cc3)cc2Br)C1=O. The fourth-order valence-electron chi connectivity index (χ4n) is 2.91. The Morgan fingerprint density at radius 1 is 1.12 bits per heavy atom. The summed E-state index contributed by atoms with van der Waals surface area (Å²) >= 11 is 7.65. The predicted octanol–water partition coefficient (Wildman–Crippen LogP) is 5.40. The molecular weight excluding hydrogens is 566 g/mol. The number of amides is 2. The Labute approximate surface area is 206 Å². The van der Waals surface area contributed by atoms with Gasteiger partial charge in [0.1, 0.15) is 12.6 Å². The second-order valence-corrected chi connectivity index (χ2v) is 9.45. The summed E-state index contributed by atoms with van der Waals surface area (Å²) in [5, 5.41) is -0.531. The zero-order valence-corrected chi connectivity index (χ0v) is 21.4. The molecular formula is C22H19Br2NO6S. The summed E-state index contributed by atoms with van der Waals surface area (Å²) in [6.07, 6.45) is 1.57. The third-order valence-electron chi connectivity index (χ3n) is 4.63. The average Bonchev–Trinajstić information content (AvgIpc) is 3.06. The summed E-state index contributed by atoms with van der Waals surface area (Å²) in [6, 6.07) is 10.2. The molecule has 3 rings (SSSR count). The first kappa shape index (κ1) is 24.3. The lowest BCUT2D eigenvalue weighted by atomic mass is 10.1. The molecule has 1 aliphatic heterocycles. The summed E-state index contributed by atoms with van der Waals surface area (Å²) < 4.78 is 17.6. The Morgan fingerprint density at radius 2 is 1.81 bits per heavy atom. The van der Waals surface area contributed by atoms with Crippen molar-refractivity contribution in [1.29, 1.82) is 0 Å². The van der Waals surface area contributed by atoms with E-state index in [-0.39, 0.29) is 4.91 Å². The molecule has 0 bridgehead atoms. The molecule has 1 fully saturated rings. The normalized spacial score (nSPS) is 15.8. The van der Waals surface area contributed by atoms with E-state index >= 15 is 0 Å². The van der Waals surface area contributed by atoms with E-state index in [9.17, 15) is 14.4 Å². The van der Waals surface area contributed by atoms with E-state index in [1.165, 1.54) is 21.1 Å². The number of hydrogen-bond donors (Lipinski definition) is 0. The Balaban J connectivity index is 1.83. The zero-order chi connectivity index (χ0) is 23.4. The number of thioether (sulfide) groups is 1. The van der Waals surface area contributed by atoms with Crippen molar-refractivity contribution in [2.24, 2.45) is 0 Å². The second kappa shape index (κ2) is 10.5. The Bertz CT molecular complexity index is 1090. The number of nitrogens with zero attached hydrogens (tertiary/aromatic N) is 1. The van der Waals surface area contributed by atoms with Gasteiger partial charge in [0.05, 0.1) is 19.1 Å². The molecule has 2 aromatic rings. The minimum absolute atomic E-state index is 0.192. The first-order chi connectivity index (χ1) is 15.2. The molecule has 1 saturated heterocycles. The van der Waals surface area contributed by atoms with Crippen molar-refractivity contribution in [2.45, 2.75) is 19.6 Å². The third-order valence-corrected chi connectivity index (χ3v) is 6.73. The largest absolute Gasteiger partial charge is 0.493 e. The van der Waals surface area contributed by atoms with Gasteiger partial charge in [-0.1, -0.05) is 44.0 Å². The molecule has 10 heteroatoms. The maximum Gasteiger partial charge on any atom is 0.328 e. The number of hydrogen-bond acceptors (Lipinski definition) is 7. The number of carbonyl (C=O) groups excluding carboxylic acids is 3. The van der Waals surface area contributed by atoms with Crippen molar-refractivity contribution >= 4 is 66.8 Å². The lowest BCUT2D eigenvalue weighted by molar-refractivity contribution is -0.148. The van der Waals surface area contributed by atoms with Crippen molar-refractivity contribution in [3.63, 3.8) is 0 Å². The van der Waals surface area contributed by atoms with E-state index in [1.807, 2.05) is 24.3 Å². The van der Waals surface area contributed by atoms with Crippen LogP contribution in [0.3, 0.4) is 0 Å². The third kappa shape index (κ3) is 5.36. The highest BCUT2D eigenvalue weighted by Crippen LogP contribution is 2.39. The van der Waals surface area contributed by atoms with Gasteiger partial charge in [-0.25, -0.2) is 4.79 Å². The number of ether oxygens (including phenoxy) is 3. The Kier molecular flexibility index (Phi) is 8.02. The molecule has 0 aromatic heterocycles. The average molecular weight is 585 g/mol. The fourth-order valence-corrected chi connectivity index (χ4v) is 4.51. The first-order valence-corrected chi connectivity index (χ1v) is 11.7. The minimum atomic E-state index is -1.01. The van der Waals surface area contributed by atoms with Crippen LogP contribution in [-0.4, -0.2) is 42.3 Å². The van der Waals surface area contributed by atoms with Gasteiger partial charge in [-0.05, 0) is 60.2 Å². The van der Waals surface area contributed by atoms with Crippen LogP contribution in [0.5, 0.6) is 11.5 Å². The topological polar surface area (TPSA) is 82.1 Å². The molecule has 1 heterocycles. The van der Waals surface area contributed by atoms with E-state index in [0.717, 1.165) is 26.7 Å². The molecule has 0 aliphatic carbocycles. The van der Waals surface area contributed by atoms with Crippen molar-refractivity contribution in [1.82, 2.24) is 4.90 Å². The van der Waals surface area contributed by atoms with Gasteiger partial charge in [0.15, 0.2) is 11.5 Å². The lowest BCUT2D eigenvalue weighted by Gasteiger charge is -2.18. The molecule has 2 aromatic carbocycles. The van der Waals surface area contributed by atoms with Crippen molar-refractivity contribution in [3.8, 4) is 11.5 Å². The van der Waals surface area contributed by atoms with E-state index in [1.54, 1.807) is 18.2 Å². The van der Waals surface area contributed by atoms with Crippen molar-refractivity contribution < 1.29 is 28.6 Å². The van der Waals surface area contributed by atoms with Gasteiger partial charge in [-0.15, -0.1) is 0 Å². The molecule has 0 saturated carbocycles. The van der Waals surface area contributed by atoms with E-state index in [0.29, 0.717) is 28.1 Å². The summed E-state index contributed by atoms with van der Waals surface area (Å²) in [5.41, 5.74) is 1.61. The molecule has 1 aliphatic rings. The number of carbonyl (C=O) groups is 3. The summed E-state index contributed by atoms with van der Waals surface area (Å²) in [6.45, 7) is 1.79. The Hall–Kier alpha value is -2.30. The van der Waals surface area contributed by atoms with Gasteiger partial charge < -0.3 is 14.2 Å². The maximum atomic E-state index is 12.7. The van der Waals surface area contributed by atoms with Gasteiger partial charge >= 0.3 is 5.97 Å². The van der Waals surface area contributed by atoms with Crippen molar-refractivity contribution in [2.75, 3.05) is 14.2 Å². The van der Waals surface area contributed by atoms with Crippen LogP contribution in [0.25, 0.3) is 6.08 Å². The van der Waals surface area contributed by atoms with E-state index < -0.39 is 23.2 Å². The molecule has 0 radical (unpaired) electrons. The Morgan fingerprint density at radius 3 is 2.44 bits per heavy atom. The predicted molar refractivity (Wildman–Crippen MR) is 128 cm³/mol. The van der Waals surface area contributed by atoms with E-state index in [4.69, 9.17) is 9.47 Å². The number of methoxy groups -OCH3 is 2. The highest BCUT2D eigenvalue weighted by Gasteiger charge is 2.41. The highest BCUT2D eigenvalue weighted by atomic mass is 79.9. The van der Waals surface area contributed by atoms with Gasteiger partial charge in [0, 0.05) is 8.95 Å². The van der Waals surface area contributed by atoms with Gasteiger partial charge in [-0.2, -0.15) is 0 Å². The van der Waals surface area contributed by atoms with Gasteiger partial charge in [-0.3, -0.25) is 14.5 Å². The van der Waals surface area contributed by atoms with Gasteiger partial charge in [0.2, 0.25) is 0 Å². The highest BCUT2D eigenvalue weighted by molar-refractivity contribution is 9.10. The molecule has 7 nitrogen and oxygen atoms in total. The van der Waals surface area contributed by atoms with Gasteiger partial charge in [0.25, 0.3) is 11.1 Å². The van der Waals surface area contributed by atoms with Crippen LogP contribution in [0.15, 0.2) is 50.2 Å². The molecule has 1 atom stereocenters. The standard InChI is InChI=1S/C22H19Br2NO6S/c1-12(21(27)30-3)25-20(26)19(32-22(25)28)9-14-8-17(29-2)18(10-16(14)24)31-11-13-4-6-15(23)7-5-13/h4-10,12H,11H2,1-3H3/b19-9+/t12-/m0/s1. The fraction of sp³-hybridized carbons (Fsp3) is 0.227. The molecule has 168 valence electrons. The smallest absolute Gasteiger partial charge is 0.328 e. The van der Waals surface area contributed by atoms with Crippen LogP contribution in [0, 0.1) is 0 Å². The number of rotatable bonds is 7. The zero-order valence-electron chi connectivity index (χ0n) is 17.4. The lowest BCUT2D eigenvalue weighted by Crippen LogP contribution is -2.42. The molecule has 0 spiro atoms. The first-order valence-electron chi connectivity index (χ1n) is 9.34. The molecule has 2 amide bonds. The van der Waals surface area contributed by atoms with Crippen LogP contribution in [0.2, 0.25) is 0 Å². The monoisotopic (exact) mass is 583 g/mol. The summed E-state index contributed by atoms with van der Waals surface area (Å²) in [4.78, 5) is 37.9. The number of esters is 1. The van der Waals surface area contributed by atoms with Crippen LogP contribution < -0.4 is 9.47 Å². The van der Waals surface area contributed by atoms with Crippen LogP contribution in [0.1, 0.15) is 18.1 Å². The summed E-state index contributed by atoms with van der Waals surface area (Å²) in [5.74, 6) is -0.228. The number of benzene rings is 2. The minimum Gasteiger partial charge on any atom is -0.493 e. The number of halogens is 2. The van der Waals surface area contributed by atoms with Crippen LogP contribution in [0.4, 0.5) is 4.79 Å². The molecule has 0 N–H and O–H groups in total. The molecule has 0 unspecified atom stereocenters. The number of imide groups is 1. The van der Waals surface area contributed by atoms with Crippen LogP contribution in [-0.2, 0) is 20.9 Å². The van der Waals surface area contributed by atoms with E-state index in [2.05, 4.69) is 36.6 Å². The van der Waals surface area contributed by atoms with Crippen molar-refractivity contribution in [3.05, 3.63) is 61.4 Å². The quantitative estimate of drug-likeness (QED) is 0.318.